The van der Waals surface area contributed by atoms with Crippen LogP contribution in [0.1, 0.15) is 37.0 Å². The predicted molar refractivity (Wildman–Crippen MR) is 92.8 cm³/mol. The molecule has 1 amide bonds. The van der Waals surface area contributed by atoms with Crippen LogP contribution >= 0.6 is 0 Å². The Balaban J connectivity index is 2.17. The fourth-order valence-corrected chi connectivity index (χ4v) is 4.13. The van der Waals surface area contributed by atoms with E-state index in [0.29, 0.717) is 24.9 Å². The monoisotopic (exact) mass is 368 g/mol. The van der Waals surface area contributed by atoms with Crippen LogP contribution < -0.4 is 0 Å². The summed E-state index contributed by atoms with van der Waals surface area (Å²) in [5.41, 5.74) is 0.359. The zero-order valence-electron chi connectivity index (χ0n) is 14.7. The number of aliphatic carboxylic acids is 1. The van der Waals surface area contributed by atoms with E-state index in [9.17, 15) is 18.0 Å². The fourth-order valence-electron chi connectivity index (χ4n) is 2.76. The van der Waals surface area contributed by atoms with Gasteiger partial charge < -0.3 is 10.0 Å². The van der Waals surface area contributed by atoms with Gasteiger partial charge in [-0.25, -0.2) is 8.42 Å². The number of rotatable bonds is 5. The van der Waals surface area contributed by atoms with Crippen molar-refractivity contribution in [2.45, 2.75) is 37.6 Å². The van der Waals surface area contributed by atoms with Crippen molar-refractivity contribution in [3.8, 4) is 0 Å². The number of carbonyl (C=O) groups is 2. The SMILES string of the molecule is CC(C)N(C)S(=O)(=O)c1ccc(C(=O)N2CCCC(C(=O)O)C2)cc1. The first kappa shape index (κ1) is 19.4. The highest BCUT2D eigenvalue weighted by Crippen LogP contribution is 2.21. The van der Waals surface area contributed by atoms with Gasteiger partial charge in [0.2, 0.25) is 10.0 Å². The lowest BCUT2D eigenvalue weighted by molar-refractivity contribution is -0.143. The highest BCUT2D eigenvalue weighted by Gasteiger charge is 2.29. The molecule has 1 heterocycles. The van der Waals surface area contributed by atoms with Crippen molar-refractivity contribution in [2.75, 3.05) is 20.1 Å². The number of carboxylic acids is 1. The molecular formula is C17H24N2O5S. The van der Waals surface area contributed by atoms with Crippen molar-refractivity contribution < 1.29 is 23.1 Å². The summed E-state index contributed by atoms with van der Waals surface area (Å²) in [6.07, 6.45) is 1.21. The Hall–Kier alpha value is -1.93. The first-order chi connectivity index (χ1) is 11.6. The van der Waals surface area contributed by atoms with E-state index < -0.39 is 21.9 Å². The molecule has 1 atom stereocenters. The van der Waals surface area contributed by atoms with E-state index in [0.717, 1.165) is 0 Å². The van der Waals surface area contributed by atoms with Gasteiger partial charge in [0.15, 0.2) is 0 Å². The minimum Gasteiger partial charge on any atom is -0.481 e. The van der Waals surface area contributed by atoms with Crippen molar-refractivity contribution in [3.05, 3.63) is 29.8 Å². The summed E-state index contributed by atoms with van der Waals surface area (Å²) >= 11 is 0. The normalized spacial score (nSPS) is 18.6. The maximum Gasteiger partial charge on any atom is 0.308 e. The summed E-state index contributed by atoms with van der Waals surface area (Å²) in [7, 11) is -2.08. The standard InChI is InChI=1S/C17H24N2O5S/c1-12(2)18(3)25(23,24)15-8-6-13(7-9-15)16(20)19-10-4-5-14(11-19)17(21)22/h6-9,12,14H,4-5,10-11H2,1-3H3,(H,21,22). The van der Waals surface area contributed by atoms with Crippen LogP contribution in [0.2, 0.25) is 0 Å². The third-order valence-electron chi connectivity index (χ3n) is 4.56. The Morgan fingerprint density at radius 1 is 1.24 bits per heavy atom. The van der Waals surface area contributed by atoms with Gasteiger partial charge in [-0.05, 0) is 51.0 Å². The molecule has 1 fully saturated rings. The quantitative estimate of drug-likeness (QED) is 0.853. The lowest BCUT2D eigenvalue weighted by Crippen LogP contribution is -2.42. The molecule has 1 saturated heterocycles. The molecule has 0 aliphatic carbocycles. The lowest BCUT2D eigenvalue weighted by atomic mass is 9.97. The summed E-state index contributed by atoms with van der Waals surface area (Å²) < 4.78 is 26.1. The molecule has 0 saturated carbocycles. The van der Waals surface area contributed by atoms with Crippen LogP contribution in [0.5, 0.6) is 0 Å². The van der Waals surface area contributed by atoms with Crippen molar-refractivity contribution in [1.82, 2.24) is 9.21 Å². The lowest BCUT2D eigenvalue weighted by Gasteiger charge is -2.30. The third kappa shape index (κ3) is 4.19. The second-order valence-corrected chi connectivity index (χ2v) is 8.57. The van der Waals surface area contributed by atoms with Gasteiger partial charge in [0.05, 0.1) is 10.8 Å². The van der Waals surface area contributed by atoms with Crippen LogP contribution in [-0.4, -0.2) is 60.8 Å². The van der Waals surface area contributed by atoms with Gasteiger partial charge in [0.1, 0.15) is 0 Å². The Labute approximate surface area is 148 Å². The average Bonchev–Trinajstić information content (AvgIpc) is 2.60. The van der Waals surface area contributed by atoms with Crippen LogP contribution in [0, 0.1) is 5.92 Å². The summed E-state index contributed by atoms with van der Waals surface area (Å²) in [6, 6.07) is 5.62. The number of hydrogen-bond acceptors (Lipinski definition) is 4. The zero-order chi connectivity index (χ0) is 18.8. The molecule has 0 spiro atoms. The maximum absolute atomic E-state index is 12.5. The molecule has 0 bridgehead atoms. The number of carbonyl (C=O) groups excluding carboxylic acids is 1. The number of sulfonamides is 1. The van der Waals surface area contributed by atoms with Crippen molar-refractivity contribution >= 4 is 21.9 Å². The van der Waals surface area contributed by atoms with E-state index in [1.807, 2.05) is 0 Å². The minimum absolute atomic E-state index is 0.127. The van der Waals surface area contributed by atoms with Gasteiger partial charge in [0.25, 0.3) is 5.91 Å². The molecule has 1 aliphatic heterocycles. The third-order valence-corrected chi connectivity index (χ3v) is 6.61. The van der Waals surface area contributed by atoms with Gasteiger partial charge in [-0.1, -0.05) is 0 Å². The van der Waals surface area contributed by atoms with Gasteiger partial charge in [-0.2, -0.15) is 4.31 Å². The first-order valence-electron chi connectivity index (χ1n) is 8.24. The molecule has 0 aromatic heterocycles. The van der Waals surface area contributed by atoms with Crippen LogP contribution in [0.15, 0.2) is 29.2 Å². The summed E-state index contributed by atoms with van der Waals surface area (Å²) in [4.78, 5) is 25.3. The topological polar surface area (TPSA) is 95.0 Å². The molecule has 0 radical (unpaired) electrons. The molecule has 7 nitrogen and oxygen atoms in total. The van der Waals surface area contributed by atoms with E-state index in [2.05, 4.69) is 0 Å². The molecule has 138 valence electrons. The maximum atomic E-state index is 12.5. The summed E-state index contributed by atoms with van der Waals surface area (Å²) in [5, 5.41) is 9.12. The highest BCUT2D eigenvalue weighted by atomic mass is 32.2. The number of benzene rings is 1. The molecule has 1 aromatic carbocycles. The van der Waals surface area contributed by atoms with E-state index >= 15 is 0 Å². The minimum atomic E-state index is -3.59. The predicted octanol–water partition coefficient (Wildman–Crippen LogP) is 1.65. The number of carboxylic acid groups (broad SMARTS) is 1. The second kappa shape index (κ2) is 7.53. The van der Waals surface area contributed by atoms with E-state index in [-0.39, 0.29) is 23.4 Å². The summed E-state index contributed by atoms with van der Waals surface area (Å²) in [5.74, 6) is -1.71. The summed E-state index contributed by atoms with van der Waals surface area (Å²) in [6.45, 7) is 4.26. The number of likely N-dealkylation sites (tertiary alicyclic amines) is 1. The number of hydrogen-bond donors (Lipinski definition) is 1. The Morgan fingerprint density at radius 2 is 1.84 bits per heavy atom. The van der Waals surface area contributed by atoms with Crippen molar-refractivity contribution in [1.29, 1.82) is 0 Å². The molecule has 1 unspecified atom stereocenters. The molecule has 2 rings (SSSR count). The number of piperidine rings is 1. The number of nitrogens with zero attached hydrogens (tertiary/aromatic N) is 2. The Bertz CT molecular complexity index is 743. The van der Waals surface area contributed by atoms with Gasteiger partial charge in [-0.3, -0.25) is 9.59 Å². The largest absolute Gasteiger partial charge is 0.481 e. The first-order valence-corrected chi connectivity index (χ1v) is 9.68. The van der Waals surface area contributed by atoms with Gasteiger partial charge in [0, 0.05) is 31.7 Å². The van der Waals surface area contributed by atoms with Crippen molar-refractivity contribution in [2.24, 2.45) is 5.92 Å². The molecule has 1 aliphatic rings. The number of amides is 1. The Morgan fingerprint density at radius 3 is 2.36 bits per heavy atom. The molecule has 8 heteroatoms. The van der Waals surface area contributed by atoms with Crippen LogP contribution in [-0.2, 0) is 14.8 Å². The van der Waals surface area contributed by atoms with Gasteiger partial charge >= 0.3 is 5.97 Å². The van der Waals surface area contributed by atoms with Crippen LogP contribution in [0.25, 0.3) is 0 Å². The van der Waals surface area contributed by atoms with Crippen molar-refractivity contribution in [3.63, 3.8) is 0 Å². The fraction of sp³-hybridized carbons (Fsp3) is 0.529. The zero-order valence-corrected chi connectivity index (χ0v) is 15.5. The average molecular weight is 368 g/mol. The molecular weight excluding hydrogens is 344 g/mol. The van der Waals surface area contributed by atoms with E-state index in [1.54, 1.807) is 13.8 Å². The van der Waals surface area contributed by atoms with E-state index in [4.69, 9.17) is 5.11 Å². The van der Waals surface area contributed by atoms with E-state index in [1.165, 1.54) is 40.5 Å². The highest BCUT2D eigenvalue weighted by molar-refractivity contribution is 7.89. The van der Waals surface area contributed by atoms with Crippen LogP contribution in [0.4, 0.5) is 0 Å². The van der Waals surface area contributed by atoms with Gasteiger partial charge in [-0.15, -0.1) is 0 Å². The Kier molecular flexibility index (Phi) is 5.84. The second-order valence-electron chi connectivity index (χ2n) is 6.57. The molecule has 25 heavy (non-hydrogen) atoms. The molecule has 1 aromatic rings. The van der Waals surface area contributed by atoms with Crippen LogP contribution in [0.3, 0.4) is 0 Å². The smallest absolute Gasteiger partial charge is 0.308 e. The molecule has 1 N–H and O–H groups in total.